The summed E-state index contributed by atoms with van der Waals surface area (Å²) in [5.74, 6) is -1.96. The smallest absolute Gasteiger partial charge is 0.328 e. The summed E-state index contributed by atoms with van der Waals surface area (Å²) in [5, 5.41) is 17.0. The second-order valence-corrected chi connectivity index (χ2v) is 9.57. The number of carboxylic acid groups (broad SMARTS) is 1. The molecule has 39 heavy (non-hydrogen) atoms. The molecule has 9 heteroatoms. The molecule has 0 saturated carbocycles. The van der Waals surface area contributed by atoms with Gasteiger partial charge in [-0.25, -0.2) is 9.48 Å². The molecule has 0 fully saturated rings. The Morgan fingerprint density at radius 1 is 1.08 bits per heavy atom. The molecule has 4 N–H and O–H groups in total. The maximum absolute atomic E-state index is 12.9. The number of nitrogens with one attached hydrogen (secondary N) is 1. The van der Waals surface area contributed by atoms with Crippen molar-refractivity contribution in [1.29, 1.82) is 0 Å². The minimum atomic E-state index is -1.00. The number of aromatic nitrogens is 2. The molecule has 0 atom stereocenters. The summed E-state index contributed by atoms with van der Waals surface area (Å²) in [6.45, 7) is 1.89. The number of benzene rings is 3. The summed E-state index contributed by atoms with van der Waals surface area (Å²) < 4.78 is 1.68. The van der Waals surface area contributed by atoms with Crippen LogP contribution in [-0.2, 0) is 17.6 Å². The Labute approximate surface area is 229 Å². The fraction of sp³-hybridized carbons (Fsp3) is 0.133. The van der Waals surface area contributed by atoms with Crippen LogP contribution in [0.4, 0.5) is 5.69 Å². The standard InChI is InChI=1S/C30H25ClN4O4/c1-2-17(15-26(36)37)18-8-12-21(13-9-18)35-28-23(27(34-35)29(32)38)14-10-19-7-11-20(16-24(19)28)33-30(39)22-5-3-4-6-25(22)31/h3-9,11-13,15-16H,2,10,14H2,1H3,(H2,32,38)(H,33,39)(H,36,37)/b17-15+. The molecule has 1 aliphatic carbocycles. The lowest BCUT2D eigenvalue weighted by Gasteiger charge is -2.20. The lowest BCUT2D eigenvalue weighted by atomic mass is 9.88. The largest absolute Gasteiger partial charge is 0.478 e. The maximum atomic E-state index is 12.9. The summed E-state index contributed by atoms with van der Waals surface area (Å²) in [7, 11) is 0. The molecule has 2 amide bonds. The zero-order valence-electron chi connectivity index (χ0n) is 21.1. The first kappa shape index (κ1) is 25.9. The second kappa shape index (κ2) is 10.6. The molecule has 0 bridgehead atoms. The third kappa shape index (κ3) is 5.06. The summed E-state index contributed by atoms with van der Waals surface area (Å²) >= 11 is 6.20. The molecule has 8 nitrogen and oxygen atoms in total. The van der Waals surface area contributed by atoms with Crippen molar-refractivity contribution in [3.63, 3.8) is 0 Å². The van der Waals surface area contributed by atoms with Crippen molar-refractivity contribution >= 4 is 40.6 Å². The van der Waals surface area contributed by atoms with Crippen molar-refractivity contribution in [3.8, 4) is 16.9 Å². The van der Waals surface area contributed by atoms with E-state index in [0.29, 0.717) is 46.8 Å². The average molecular weight is 541 g/mol. The van der Waals surface area contributed by atoms with Gasteiger partial charge in [-0.05, 0) is 72.4 Å². The number of carbonyl (C=O) groups is 3. The minimum Gasteiger partial charge on any atom is -0.478 e. The SMILES string of the molecule is CC/C(=C\C(=O)O)c1ccc(-n2nc(C(N)=O)c3c2-c2cc(NC(=O)c4ccccc4Cl)ccc2CC3)cc1. The molecule has 0 radical (unpaired) electrons. The highest BCUT2D eigenvalue weighted by atomic mass is 35.5. The van der Waals surface area contributed by atoms with Gasteiger partial charge in [0.15, 0.2) is 5.69 Å². The molecule has 5 rings (SSSR count). The van der Waals surface area contributed by atoms with Gasteiger partial charge in [-0.2, -0.15) is 5.10 Å². The van der Waals surface area contributed by atoms with Gasteiger partial charge < -0.3 is 16.2 Å². The number of hydrogen-bond donors (Lipinski definition) is 3. The van der Waals surface area contributed by atoms with Crippen LogP contribution in [0.5, 0.6) is 0 Å². The van der Waals surface area contributed by atoms with Crippen LogP contribution in [0, 0.1) is 0 Å². The normalized spacial score (nSPS) is 12.4. The molecule has 0 saturated heterocycles. The van der Waals surface area contributed by atoms with Gasteiger partial charge in [-0.3, -0.25) is 9.59 Å². The van der Waals surface area contributed by atoms with Crippen LogP contribution in [0.25, 0.3) is 22.5 Å². The third-order valence-electron chi connectivity index (χ3n) is 6.76. The first-order chi connectivity index (χ1) is 18.8. The third-order valence-corrected chi connectivity index (χ3v) is 7.09. The van der Waals surface area contributed by atoms with Gasteiger partial charge in [0.1, 0.15) is 0 Å². The molecule has 0 aliphatic heterocycles. The monoisotopic (exact) mass is 540 g/mol. The van der Waals surface area contributed by atoms with Crippen molar-refractivity contribution in [1.82, 2.24) is 9.78 Å². The fourth-order valence-corrected chi connectivity index (χ4v) is 5.12. The Morgan fingerprint density at radius 2 is 1.82 bits per heavy atom. The summed E-state index contributed by atoms with van der Waals surface area (Å²) in [4.78, 5) is 36.4. The molecular weight excluding hydrogens is 516 g/mol. The number of hydrogen-bond acceptors (Lipinski definition) is 4. The number of aryl methyl sites for hydroxylation is 1. The Hall–Kier alpha value is -4.69. The van der Waals surface area contributed by atoms with Crippen LogP contribution in [-0.4, -0.2) is 32.7 Å². The van der Waals surface area contributed by atoms with Gasteiger partial charge in [0.05, 0.1) is 22.0 Å². The number of carbonyl (C=O) groups excluding carboxylic acids is 2. The van der Waals surface area contributed by atoms with Crippen molar-refractivity contribution < 1.29 is 19.5 Å². The quantitative estimate of drug-likeness (QED) is 0.266. The van der Waals surface area contributed by atoms with Gasteiger partial charge in [0, 0.05) is 22.9 Å². The number of fused-ring (bicyclic) bond motifs is 3. The Balaban J connectivity index is 1.57. The van der Waals surface area contributed by atoms with Gasteiger partial charge in [0.25, 0.3) is 11.8 Å². The molecule has 4 aromatic rings. The number of primary amides is 1. The first-order valence-corrected chi connectivity index (χ1v) is 12.8. The molecular formula is C30H25ClN4O4. The molecule has 0 unspecified atom stereocenters. The predicted molar refractivity (Wildman–Crippen MR) is 150 cm³/mol. The van der Waals surface area contributed by atoms with Gasteiger partial charge in [0.2, 0.25) is 0 Å². The number of aliphatic carboxylic acids is 1. The zero-order valence-corrected chi connectivity index (χ0v) is 21.8. The van der Waals surface area contributed by atoms with Gasteiger partial charge >= 0.3 is 5.97 Å². The molecule has 196 valence electrons. The van der Waals surface area contributed by atoms with Crippen LogP contribution in [0.3, 0.4) is 0 Å². The Kier molecular flexibility index (Phi) is 7.04. The topological polar surface area (TPSA) is 127 Å². The molecule has 1 heterocycles. The first-order valence-electron chi connectivity index (χ1n) is 12.4. The minimum absolute atomic E-state index is 0.199. The van der Waals surface area contributed by atoms with E-state index < -0.39 is 11.9 Å². The molecule has 1 aliphatic rings. The van der Waals surface area contributed by atoms with Crippen molar-refractivity contribution in [2.75, 3.05) is 5.32 Å². The van der Waals surface area contributed by atoms with E-state index in [-0.39, 0.29) is 11.6 Å². The number of rotatable bonds is 7. The Morgan fingerprint density at radius 3 is 2.49 bits per heavy atom. The van der Waals surface area contributed by atoms with Crippen LogP contribution < -0.4 is 11.1 Å². The average Bonchev–Trinajstić information content (AvgIpc) is 3.32. The van der Waals surface area contributed by atoms with E-state index in [4.69, 9.17) is 17.3 Å². The van der Waals surface area contributed by atoms with E-state index in [1.54, 1.807) is 28.9 Å². The van der Waals surface area contributed by atoms with E-state index in [1.165, 1.54) is 6.08 Å². The van der Waals surface area contributed by atoms with E-state index in [9.17, 15) is 19.5 Å². The number of halogens is 1. The van der Waals surface area contributed by atoms with Gasteiger partial charge in [-0.1, -0.05) is 48.9 Å². The number of amides is 2. The number of anilines is 1. The Bertz CT molecular complexity index is 1650. The molecule has 3 aromatic carbocycles. The summed E-state index contributed by atoms with van der Waals surface area (Å²) in [5.41, 5.74) is 12.3. The maximum Gasteiger partial charge on any atom is 0.328 e. The number of nitrogens with two attached hydrogens (primary N) is 1. The second-order valence-electron chi connectivity index (χ2n) is 9.17. The fourth-order valence-electron chi connectivity index (χ4n) is 4.90. The van der Waals surface area contributed by atoms with Crippen LogP contribution >= 0.6 is 11.6 Å². The van der Waals surface area contributed by atoms with E-state index in [0.717, 1.165) is 27.9 Å². The van der Waals surface area contributed by atoms with Crippen LogP contribution in [0.15, 0.2) is 72.8 Å². The molecule has 0 spiro atoms. The highest BCUT2D eigenvalue weighted by Crippen LogP contribution is 2.38. The van der Waals surface area contributed by atoms with Gasteiger partial charge in [-0.15, -0.1) is 0 Å². The highest BCUT2D eigenvalue weighted by Gasteiger charge is 2.28. The summed E-state index contributed by atoms with van der Waals surface area (Å²) in [6, 6.07) is 19.8. The predicted octanol–water partition coefficient (Wildman–Crippen LogP) is 5.52. The molecule has 1 aromatic heterocycles. The van der Waals surface area contributed by atoms with Crippen molar-refractivity contribution in [3.05, 3.63) is 106 Å². The van der Waals surface area contributed by atoms with Crippen LogP contribution in [0.2, 0.25) is 5.02 Å². The van der Waals surface area contributed by atoms with Crippen LogP contribution in [0.1, 0.15) is 50.9 Å². The van der Waals surface area contributed by atoms with E-state index in [1.807, 2.05) is 49.4 Å². The summed E-state index contributed by atoms with van der Waals surface area (Å²) in [6.07, 6.45) is 3.03. The number of carboxylic acids is 1. The zero-order chi connectivity index (χ0) is 27.7. The van der Waals surface area contributed by atoms with Crippen molar-refractivity contribution in [2.45, 2.75) is 26.2 Å². The lowest BCUT2D eigenvalue weighted by molar-refractivity contribution is -0.131. The number of nitrogens with zero attached hydrogens (tertiary/aromatic N) is 2. The van der Waals surface area contributed by atoms with E-state index >= 15 is 0 Å². The van der Waals surface area contributed by atoms with Crippen molar-refractivity contribution in [2.24, 2.45) is 5.73 Å². The number of allylic oxidation sites excluding steroid dienone is 1. The van der Waals surface area contributed by atoms with E-state index in [2.05, 4.69) is 10.4 Å². The lowest BCUT2D eigenvalue weighted by Crippen LogP contribution is -2.15. The highest BCUT2D eigenvalue weighted by molar-refractivity contribution is 6.34.